The average molecular weight is 505 g/mol. The molecule has 2 aromatic carbocycles. The number of carbonyl (C=O) groups excluding carboxylic acids is 1. The van der Waals surface area contributed by atoms with Crippen molar-refractivity contribution in [1.29, 1.82) is 0 Å². The molecule has 1 aliphatic heterocycles. The minimum atomic E-state index is -3.90. The van der Waals surface area contributed by atoms with Crippen molar-refractivity contribution in [2.24, 2.45) is 5.92 Å². The number of nitrogens with two attached hydrogens (primary N) is 1. The van der Waals surface area contributed by atoms with E-state index in [1.54, 1.807) is 0 Å². The molecule has 1 heterocycles. The maximum absolute atomic E-state index is 13.4. The van der Waals surface area contributed by atoms with Crippen LogP contribution in [0.3, 0.4) is 0 Å². The third kappa shape index (κ3) is 7.93. The Kier molecular flexibility index (Phi) is 9.50. The van der Waals surface area contributed by atoms with Crippen LogP contribution in [0, 0.1) is 5.92 Å². The first-order valence-electron chi connectivity index (χ1n) is 11.9. The molecule has 0 radical (unpaired) electrons. The van der Waals surface area contributed by atoms with Crippen LogP contribution in [0.4, 0.5) is 10.5 Å². The highest BCUT2D eigenvalue weighted by Crippen LogP contribution is 2.20. The van der Waals surface area contributed by atoms with E-state index in [4.69, 9.17) is 10.5 Å². The van der Waals surface area contributed by atoms with Crippen LogP contribution in [0.2, 0.25) is 0 Å². The Balaban J connectivity index is 1.80. The number of ether oxygens (including phenoxy) is 1. The fourth-order valence-corrected chi connectivity index (χ4v) is 5.64. The number of alkyl carbamates (subject to hydrolysis) is 1. The van der Waals surface area contributed by atoms with Crippen molar-refractivity contribution in [3.63, 3.8) is 0 Å². The van der Waals surface area contributed by atoms with Gasteiger partial charge in [-0.05, 0) is 55.1 Å². The van der Waals surface area contributed by atoms with E-state index < -0.39 is 28.3 Å². The van der Waals surface area contributed by atoms with Gasteiger partial charge in [-0.15, -0.1) is 0 Å². The smallest absolute Gasteiger partial charge is 0.407 e. The second-order valence-corrected chi connectivity index (χ2v) is 11.3. The molecule has 5 N–H and O–H groups in total. The van der Waals surface area contributed by atoms with Crippen LogP contribution < -0.4 is 16.4 Å². The van der Waals surface area contributed by atoms with Crippen molar-refractivity contribution in [1.82, 2.24) is 14.9 Å². The second kappa shape index (κ2) is 12.3. The van der Waals surface area contributed by atoms with Crippen LogP contribution in [0.15, 0.2) is 59.5 Å². The van der Waals surface area contributed by atoms with Gasteiger partial charge in [0.15, 0.2) is 0 Å². The topological polar surface area (TPSA) is 134 Å². The third-order valence-electron chi connectivity index (χ3n) is 5.83. The summed E-state index contributed by atoms with van der Waals surface area (Å²) in [7, 11) is -3.90. The van der Waals surface area contributed by atoms with Crippen molar-refractivity contribution in [2.75, 3.05) is 31.9 Å². The van der Waals surface area contributed by atoms with Crippen LogP contribution in [0.5, 0.6) is 0 Å². The van der Waals surface area contributed by atoms with Gasteiger partial charge >= 0.3 is 6.09 Å². The Bertz CT molecular complexity index is 1040. The minimum Gasteiger partial charge on any atom is -0.445 e. The number of nitrogen functional groups attached to an aromatic ring is 1. The predicted octanol–water partition coefficient (Wildman–Crippen LogP) is 1.98. The zero-order valence-electron chi connectivity index (χ0n) is 20.3. The Morgan fingerprint density at radius 2 is 1.86 bits per heavy atom. The van der Waals surface area contributed by atoms with Gasteiger partial charge in [0.25, 0.3) is 0 Å². The minimum absolute atomic E-state index is 0.0196. The number of aliphatic hydroxyl groups is 1. The quantitative estimate of drug-likeness (QED) is 0.344. The number of aliphatic hydroxyl groups excluding tert-OH is 1. The lowest BCUT2D eigenvalue weighted by molar-refractivity contribution is 0.0756. The highest BCUT2D eigenvalue weighted by molar-refractivity contribution is 7.89. The Morgan fingerprint density at radius 3 is 2.46 bits per heavy atom. The highest BCUT2D eigenvalue weighted by Gasteiger charge is 2.32. The predicted molar refractivity (Wildman–Crippen MR) is 135 cm³/mol. The molecule has 2 aromatic rings. The Labute approximate surface area is 207 Å². The number of hydrogen-bond acceptors (Lipinski definition) is 7. The van der Waals surface area contributed by atoms with E-state index in [1.165, 1.54) is 28.6 Å². The van der Waals surface area contributed by atoms with Crippen molar-refractivity contribution in [3.05, 3.63) is 60.2 Å². The van der Waals surface area contributed by atoms with Crippen molar-refractivity contribution < 1.29 is 23.1 Å². The number of nitrogens with zero attached hydrogens (tertiary/aromatic N) is 1. The van der Waals surface area contributed by atoms with Gasteiger partial charge in [-0.2, -0.15) is 4.31 Å². The largest absolute Gasteiger partial charge is 0.445 e. The van der Waals surface area contributed by atoms with Gasteiger partial charge in [-0.25, -0.2) is 13.2 Å². The summed E-state index contributed by atoms with van der Waals surface area (Å²) in [5.74, 6) is 0.0196. The van der Waals surface area contributed by atoms with Crippen LogP contribution in [-0.4, -0.2) is 68.4 Å². The van der Waals surface area contributed by atoms with E-state index in [1.807, 2.05) is 44.2 Å². The molecule has 9 nitrogen and oxygen atoms in total. The summed E-state index contributed by atoms with van der Waals surface area (Å²) < 4.78 is 33.5. The average Bonchev–Trinajstić information content (AvgIpc) is 3.31. The first kappa shape index (κ1) is 26.9. The maximum atomic E-state index is 13.4. The van der Waals surface area contributed by atoms with E-state index in [-0.39, 0.29) is 30.0 Å². The second-order valence-electron chi connectivity index (χ2n) is 9.31. The van der Waals surface area contributed by atoms with E-state index in [0.29, 0.717) is 18.7 Å². The summed E-state index contributed by atoms with van der Waals surface area (Å²) >= 11 is 0. The van der Waals surface area contributed by atoms with Crippen LogP contribution in [0.1, 0.15) is 25.8 Å². The summed E-state index contributed by atoms with van der Waals surface area (Å²) in [6.45, 7) is 5.20. The van der Waals surface area contributed by atoms with Gasteiger partial charge < -0.3 is 26.2 Å². The molecule has 0 unspecified atom stereocenters. The maximum Gasteiger partial charge on any atom is 0.407 e. The summed E-state index contributed by atoms with van der Waals surface area (Å²) in [5.41, 5.74) is 7.08. The first-order chi connectivity index (χ1) is 16.6. The molecule has 0 spiro atoms. The molecule has 1 amide bonds. The molecule has 1 fully saturated rings. The van der Waals surface area contributed by atoms with Crippen LogP contribution in [-0.2, 0) is 21.2 Å². The molecule has 192 valence electrons. The molecule has 10 heteroatoms. The van der Waals surface area contributed by atoms with E-state index in [0.717, 1.165) is 18.5 Å². The fourth-order valence-electron chi connectivity index (χ4n) is 4.02. The lowest BCUT2D eigenvalue weighted by Crippen LogP contribution is -2.51. The molecule has 0 aliphatic carbocycles. The Morgan fingerprint density at radius 1 is 1.17 bits per heavy atom. The summed E-state index contributed by atoms with van der Waals surface area (Å²) in [4.78, 5) is 12.7. The van der Waals surface area contributed by atoms with Crippen LogP contribution in [0.25, 0.3) is 0 Å². The van der Waals surface area contributed by atoms with Crippen molar-refractivity contribution in [3.8, 4) is 0 Å². The summed E-state index contributed by atoms with van der Waals surface area (Å²) in [6, 6.07) is 14.6. The first-order valence-corrected chi connectivity index (χ1v) is 13.3. The number of benzene rings is 2. The number of nitrogens with one attached hydrogen (secondary N) is 2. The standard InChI is InChI=1S/C25H36N4O5S/c1-18(2)16-29(35(32,33)22-10-8-20(26)9-11-22)17-24(30)23(14-19-6-4-3-5-7-19)28-25(31)34-21-12-13-27-15-21/h3-11,18,21,23-24,27,30H,12-17,26H2,1-2H3,(H,28,31)/t21-,23+,24-/m1/s1. The molecule has 0 saturated carbocycles. The molecule has 3 atom stereocenters. The lowest BCUT2D eigenvalue weighted by atomic mass is 10.0. The molecule has 1 aliphatic rings. The van der Waals surface area contributed by atoms with E-state index >= 15 is 0 Å². The van der Waals surface area contributed by atoms with Gasteiger partial charge in [0.1, 0.15) is 6.10 Å². The van der Waals surface area contributed by atoms with Crippen molar-refractivity contribution in [2.45, 2.75) is 49.8 Å². The molecule has 1 saturated heterocycles. The molecule has 3 rings (SSSR count). The van der Waals surface area contributed by atoms with E-state index in [9.17, 15) is 18.3 Å². The van der Waals surface area contributed by atoms with E-state index in [2.05, 4.69) is 10.6 Å². The Hall–Kier alpha value is -2.66. The van der Waals surface area contributed by atoms with Gasteiger partial charge in [0.2, 0.25) is 10.0 Å². The lowest BCUT2D eigenvalue weighted by Gasteiger charge is -2.30. The summed E-state index contributed by atoms with van der Waals surface area (Å²) in [5, 5.41) is 17.1. The molecule has 0 aromatic heterocycles. The van der Waals surface area contributed by atoms with Gasteiger partial charge in [0, 0.05) is 25.3 Å². The van der Waals surface area contributed by atoms with Gasteiger partial charge in [0.05, 0.1) is 17.0 Å². The van der Waals surface area contributed by atoms with Crippen LogP contribution >= 0.6 is 0 Å². The number of hydrogen-bond donors (Lipinski definition) is 4. The van der Waals surface area contributed by atoms with Gasteiger partial charge in [-0.3, -0.25) is 0 Å². The number of rotatable bonds is 11. The number of anilines is 1. The zero-order valence-corrected chi connectivity index (χ0v) is 21.1. The molecule has 35 heavy (non-hydrogen) atoms. The summed E-state index contributed by atoms with van der Waals surface area (Å²) in [6.07, 6.45) is -0.992. The highest BCUT2D eigenvalue weighted by atomic mass is 32.2. The molecular weight excluding hydrogens is 468 g/mol. The monoisotopic (exact) mass is 504 g/mol. The zero-order chi connectivity index (χ0) is 25.4. The fraction of sp³-hybridized carbons (Fsp3) is 0.480. The third-order valence-corrected chi connectivity index (χ3v) is 7.68. The normalized spacial score (nSPS) is 17.9. The number of carbonyl (C=O) groups is 1. The number of amides is 1. The van der Waals surface area contributed by atoms with Crippen molar-refractivity contribution >= 4 is 21.8 Å². The number of sulfonamides is 1. The van der Waals surface area contributed by atoms with Gasteiger partial charge in [-0.1, -0.05) is 44.2 Å². The molecule has 0 bridgehead atoms. The SMILES string of the molecule is CC(C)CN(C[C@@H](O)[C@H](Cc1ccccc1)NC(=O)O[C@@H]1CCNC1)S(=O)(=O)c1ccc(N)cc1. The molecular formula is C25H36N4O5S.